The molecule has 0 heterocycles. The van der Waals surface area contributed by atoms with Crippen LogP contribution in [0.15, 0.2) is 24.7 Å². The predicted octanol–water partition coefficient (Wildman–Crippen LogP) is -0.550. The molecule has 6 N–H and O–H groups in total. The Hall–Kier alpha value is -0.880. The summed E-state index contributed by atoms with van der Waals surface area (Å²) in [6, 6.07) is 0. The highest BCUT2D eigenvalue weighted by molar-refractivity contribution is 5.02. The molecule has 0 spiro atoms. The first-order valence-electron chi connectivity index (χ1n) is 4.84. The molecule has 0 aliphatic rings. The van der Waals surface area contributed by atoms with Gasteiger partial charge in [-0.25, -0.2) is 0 Å². The van der Waals surface area contributed by atoms with Gasteiger partial charge in [-0.2, -0.15) is 0 Å². The Morgan fingerprint density at radius 3 is 1.60 bits per heavy atom. The number of aliphatic hydroxyl groups excluding tert-OH is 2. The summed E-state index contributed by atoms with van der Waals surface area (Å²) >= 11 is 0. The number of aliphatic hydroxyl groups is 2. The topological polar surface area (TPSA) is 102 Å². The van der Waals surface area contributed by atoms with E-state index in [2.05, 4.69) is 13.2 Å². The highest BCUT2D eigenvalue weighted by Crippen LogP contribution is 2.13. The molecule has 0 saturated carbocycles. The second kappa shape index (κ2) is 7.42. The Labute approximate surface area is 90.0 Å². The third-order valence-electron chi connectivity index (χ3n) is 1.89. The average molecular weight is 216 g/mol. The molecule has 0 aromatic heterocycles. The lowest BCUT2D eigenvalue weighted by atomic mass is 10.2. The van der Waals surface area contributed by atoms with E-state index in [1.54, 1.807) is 0 Å². The van der Waals surface area contributed by atoms with Crippen molar-refractivity contribution in [1.82, 2.24) is 0 Å². The van der Waals surface area contributed by atoms with Crippen LogP contribution in [0.5, 0.6) is 0 Å². The van der Waals surface area contributed by atoms with Crippen LogP contribution in [0, 0.1) is 0 Å². The number of nitrogens with two attached hydrogens (primary N) is 2. The maximum absolute atomic E-state index is 9.43. The zero-order chi connectivity index (χ0) is 11.8. The van der Waals surface area contributed by atoms with Crippen molar-refractivity contribution in [3.63, 3.8) is 0 Å². The Balaban J connectivity index is 4.00. The normalized spacial score (nSPS) is 14.4. The first-order valence-corrected chi connectivity index (χ1v) is 4.84. The number of ether oxygens (including phenoxy) is 1. The smallest absolute Gasteiger partial charge is 0.125 e. The summed E-state index contributed by atoms with van der Waals surface area (Å²) in [7, 11) is 0. The minimum atomic E-state index is -0.836. The molecule has 0 aliphatic heterocycles. The largest absolute Gasteiger partial charge is 0.462 e. The minimum absolute atomic E-state index is 0.140. The minimum Gasteiger partial charge on any atom is -0.462 e. The average Bonchev–Trinajstić information content (AvgIpc) is 2.18. The molecule has 0 aromatic carbocycles. The fourth-order valence-electron chi connectivity index (χ4n) is 0.942. The zero-order valence-corrected chi connectivity index (χ0v) is 8.85. The standard InChI is InChI=1S/C10H20N2O3/c1-7(9(13)3-5-11)15-8(2)10(14)4-6-12/h9-10,13-14H,1-6,11-12H2. The zero-order valence-electron chi connectivity index (χ0n) is 8.85. The van der Waals surface area contributed by atoms with Crippen molar-refractivity contribution >= 4 is 0 Å². The van der Waals surface area contributed by atoms with Crippen LogP contribution in [0.3, 0.4) is 0 Å². The van der Waals surface area contributed by atoms with Crippen molar-refractivity contribution in [3.8, 4) is 0 Å². The van der Waals surface area contributed by atoms with E-state index in [4.69, 9.17) is 16.2 Å². The Morgan fingerprint density at radius 1 is 1.00 bits per heavy atom. The van der Waals surface area contributed by atoms with E-state index in [0.717, 1.165) is 0 Å². The first kappa shape index (κ1) is 14.1. The lowest BCUT2D eigenvalue weighted by Gasteiger charge is -2.18. The summed E-state index contributed by atoms with van der Waals surface area (Å²) in [5.74, 6) is 0.281. The van der Waals surface area contributed by atoms with Gasteiger partial charge in [-0.15, -0.1) is 0 Å². The van der Waals surface area contributed by atoms with E-state index in [0.29, 0.717) is 25.9 Å². The van der Waals surface area contributed by atoms with E-state index >= 15 is 0 Å². The summed E-state index contributed by atoms with van der Waals surface area (Å²) in [5, 5.41) is 18.9. The van der Waals surface area contributed by atoms with Gasteiger partial charge in [0.25, 0.3) is 0 Å². The van der Waals surface area contributed by atoms with Gasteiger partial charge >= 0.3 is 0 Å². The number of hydrogen-bond acceptors (Lipinski definition) is 5. The molecule has 5 heteroatoms. The van der Waals surface area contributed by atoms with Crippen LogP contribution in [-0.4, -0.2) is 35.5 Å². The molecule has 15 heavy (non-hydrogen) atoms. The maximum atomic E-state index is 9.43. The van der Waals surface area contributed by atoms with Crippen LogP contribution in [0.4, 0.5) is 0 Å². The molecule has 88 valence electrons. The van der Waals surface area contributed by atoms with E-state index in [1.807, 2.05) is 0 Å². The molecule has 0 bridgehead atoms. The third-order valence-corrected chi connectivity index (χ3v) is 1.89. The molecule has 0 aliphatic carbocycles. The molecule has 2 unspecified atom stereocenters. The fraction of sp³-hybridized carbons (Fsp3) is 0.600. The molecule has 2 atom stereocenters. The molecule has 0 amide bonds. The molecule has 0 fully saturated rings. The van der Waals surface area contributed by atoms with Gasteiger partial charge in [-0.1, -0.05) is 13.2 Å². The van der Waals surface area contributed by atoms with Crippen LogP contribution in [-0.2, 0) is 4.74 Å². The van der Waals surface area contributed by atoms with Crippen molar-refractivity contribution in [2.45, 2.75) is 25.0 Å². The second-order valence-corrected chi connectivity index (χ2v) is 3.22. The highest BCUT2D eigenvalue weighted by Gasteiger charge is 2.14. The summed E-state index contributed by atoms with van der Waals surface area (Å²) in [5.41, 5.74) is 10.5. The highest BCUT2D eigenvalue weighted by atomic mass is 16.5. The lowest BCUT2D eigenvalue weighted by molar-refractivity contribution is 0.0865. The molecule has 0 aromatic rings. The van der Waals surface area contributed by atoms with E-state index < -0.39 is 12.2 Å². The van der Waals surface area contributed by atoms with Crippen LogP contribution >= 0.6 is 0 Å². The van der Waals surface area contributed by atoms with Gasteiger partial charge < -0.3 is 26.4 Å². The Bertz CT molecular complexity index is 197. The molecule has 0 rings (SSSR count). The molecule has 5 nitrogen and oxygen atoms in total. The van der Waals surface area contributed by atoms with Crippen molar-refractivity contribution < 1.29 is 14.9 Å². The summed E-state index contributed by atoms with van der Waals surface area (Å²) in [6.07, 6.45) is -0.952. The van der Waals surface area contributed by atoms with Gasteiger partial charge in [0.05, 0.1) is 0 Å². The summed E-state index contributed by atoms with van der Waals surface area (Å²) in [6.45, 7) is 7.72. The van der Waals surface area contributed by atoms with E-state index in [9.17, 15) is 10.2 Å². The van der Waals surface area contributed by atoms with Crippen LogP contribution < -0.4 is 11.5 Å². The predicted molar refractivity (Wildman–Crippen MR) is 58.7 cm³/mol. The van der Waals surface area contributed by atoms with Crippen LogP contribution in [0.25, 0.3) is 0 Å². The molecular formula is C10H20N2O3. The van der Waals surface area contributed by atoms with Crippen molar-refractivity contribution in [1.29, 1.82) is 0 Å². The van der Waals surface area contributed by atoms with Gasteiger partial charge in [0.15, 0.2) is 0 Å². The quantitative estimate of drug-likeness (QED) is 0.408. The molecule has 0 radical (unpaired) electrons. The number of hydrogen-bond donors (Lipinski definition) is 4. The fourth-order valence-corrected chi connectivity index (χ4v) is 0.942. The SMILES string of the molecule is C=C(OC(=C)C(O)CCN)C(O)CCN. The van der Waals surface area contributed by atoms with Crippen molar-refractivity contribution in [3.05, 3.63) is 24.7 Å². The van der Waals surface area contributed by atoms with E-state index in [-0.39, 0.29) is 11.5 Å². The molecule has 0 saturated heterocycles. The summed E-state index contributed by atoms with van der Waals surface area (Å²) in [4.78, 5) is 0. The first-order chi connectivity index (χ1) is 7.02. The van der Waals surface area contributed by atoms with Gasteiger partial charge in [0, 0.05) is 0 Å². The maximum Gasteiger partial charge on any atom is 0.125 e. The van der Waals surface area contributed by atoms with Gasteiger partial charge in [0.1, 0.15) is 23.7 Å². The van der Waals surface area contributed by atoms with Gasteiger partial charge in [0.2, 0.25) is 0 Å². The molecular weight excluding hydrogens is 196 g/mol. The Kier molecular flexibility index (Phi) is 6.98. The van der Waals surface area contributed by atoms with Crippen LogP contribution in [0.2, 0.25) is 0 Å². The lowest BCUT2D eigenvalue weighted by Crippen LogP contribution is -2.21. The van der Waals surface area contributed by atoms with E-state index in [1.165, 1.54) is 0 Å². The van der Waals surface area contributed by atoms with Crippen molar-refractivity contribution in [2.24, 2.45) is 11.5 Å². The van der Waals surface area contributed by atoms with Crippen LogP contribution in [0.1, 0.15) is 12.8 Å². The van der Waals surface area contributed by atoms with Gasteiger partial charge in [-0.05, 0) is 25.9 Å². The number of rotatable bonds is 8. The Morgan fingerprint density at radius 2 is 1.33 bits per heavy atom. The third kappa shape index (κ3) is 5.54. The second-order valence-electron chi connectivity index (χ2n) is 3.22. The monoisotopic (exact) mass is 216 g/mol. The summed E-state index contributed by atoms with van der Waals surface area (Å²) < 4.78 is 5.08. The van der Waals surface area contributed by atoms with Gasteiger partial charge in [-0.3, -0.25) is 0 Å². The van der Waals surface area contributed by atoms with Crippen molar-refractivity contribution in [2.75, 3.05) is 13.1 Å².